The van der Waals surface area contributed by atoms with Crippen LogP contribution in [0.2, 0.25) is 0 Å². The standard InChI is InChI=1S/C9H19NO2/c1-2-3-5-10-6-4-8(11)7-9(10)12/h8-9,11-12H,2-7H2,1H3. The second-order valence-electron chi connectivity index (χ2n) is 3.55. The van der Waals surface area contributed by atoms with Gasteiger partial charge in [-0.25, -0.2) is 0 Å². The van der Waals surface area contributed by atoms with Crippen LogP contribution in [-0.4, -0.2) is 40.5 Å². The molecule has 12 heavy (non-hydrogen) atoms. The van der Waals surface area contributed by atoms with E-state index >= 15 is 0 Å². The molecule has 2 N–H and O–H groups in total. The predicted molar refractivity (Wildman–Crippen MR) is 47.7 cm³/mol. The van der Waals surface area contributed by atoms with Gasteiger partial charge in [0.2, 0.25) is 0 Å². The van der Waals surface area contributed by atoms with Gasteiger partial charge in [-0.2, -0.15) is 0 Å². The third-order valence-corrected chi connectivity index (χ3v) is 2.45. The van der Waals surface area contributed by atoms with E-state index in [0.29, 0.717) is 6.42 Å². The molecule has 3 heteroatoms. The molecule has 2 atom stereocenters. The van der Waals surface area contributed by atoms with Crippen LogP contribution < -0.4 is 0 Å². The van der Waals surface area contributed by atoms with Crippen LogP contribution in [0.15, 0.2) is 0 Å². The predicted octanol–water partition coefficient (Wildman–Crippen LogP) is 0.562. The van der Waals surface area contributed by atoms with Crippen molar-refractivity contribution in [3.8, 4) is 0 Å². The summed E-state index contributed by atoms with van der Waals surface area (Å²) < 4.78 is 0. The summed E-state index contributed by atoms with van der Waals surface area (Å²) in [5.74, 6) is 0. The molecule has 72 valence electrons. The Kier molecular flexibility index (Phi) is 3.98. The van der Waals surface area contributed by atoms with Crippen molar-refractivity contribution in [2.75, 3.05) is 13.1 Å². The lowest BCUT2D eigenvalue weighted by Gasteiger charge is -2.34. The fourth-order valence-electron chi connectivity index (χ4n) is 1.60. The van der Waals surface area contributed by atoms with Gasteiger partial charge in [-0.1, -0.05) is 13.3 Å². The van der Waals surface area contributed by atoms with E-state index in [1.165, 1.54) is 0 Å². The fraction of sp³-hybridized carbons (Fsp3) is 1.00. The number of likely N-dealkylation sites (tertiary alicyclic amines) is 1. The molecule has 0 spiro atoms. The number of nitrogens with zero attached hydrogens (tertiary/aromatic N) is 1. The Bertz CT molecular complexity index is 128. The first-order valence-electron chi connectivity index (χ1n) is 4.84. The number of unbranched alkanes of at least 4 members (excludes halogenated alkanes) is 1. The highest BCUT2D eigenvalue weighted by Crippen LogP contribution is 2.15. The lowest BCUT2D eigenvalue weighted by molar-refractivity contribution is -0.0670. The van der Waals surface area contributed by atoms with Crippen molar-refractivity contribution in [1.82, 2.24) is 4.90 Å². The third-order valence-electron chi connectivity index (χ3n) is 2.45. The van der Waals surface area contributed by atoms with Crippen LogP contribution >= 0.6 is 0 Å². The highest BCUT2D eigenvalue weighted by Gasteiger charge is 2.24. The Hall–Kier alpha value is -0.120. The second-order valence-corrected chi connectivity index (χ2v) is 3.55. The molecule has 1 saturated heterocycles. The smallest absolute Gasteiger partial charge is 0.109 e. The van der Waals surface area contributed by atoms with Gasteiger partial charge in [0, 0.05) is 19.5 Å². The lowest BCUT2D eigenvalue weighted by atomic mass is 10.1. The maximum absolute atomic E-state index is 9.53. The largest absolute Gasteiger partial charge is 0.393 e. The minimum Gasteiger partial charge on any atom is -0.393 e. The summed E-state index contributed by atoms with van der Waals surface area (Å²) in [6.45, 7) is 3.94. The fourth-order valence-corrected chi connectivity index (χ4v) is 1.60. The molecule has 0 aromatic heterocycles. The zero-order valence-electron chi connectivity index (χ0n) is 7.74. The summed E-state index contributed by atoms with van der Waals surface area (Å²) in [5, 5.41) is 18.8. The quantitative estimate of drug-likeness (QED) is 0.655. The van der Waals surface area contributed by atoms with Crippen LogP contribution in [0.5, 0.6) is 0 Å². The number of hydrogen-bond donors (Lipinski definition) is 2. The molecule has 0 aromatic carbocycles. The average molecular weight is 173 g/mol. The van der Waals surface area contributed by atoms with E-state index in [-0.39, 0.29) is 6.10 Å². The van der Waals surface area contributed by atoms with E-state index in [1.807, 2.05) is 0 Å². The van der Waals surface area contributed by atoms with E-state index in [4.69, 9.17) is 0 Å². The molecule has 1 fully saturated rings. The molecule has 0 radical (unpaired) electrons. The van der Waals surface area contributed by atoms with Crippen molar-refractivity contribution in [3.05, 3.63) is 0 Å². The molecule has 2 unspecified atom stereocenters. The van der Waals surface area contributed by atoms with Gasteiger partial charge >= 0.3 is 0 Å². The molecule has 0 aromatic rings. The second kappa shape index (κ2) is 4.80. The van der Waals surface area contributed by atoms with E-state index in [1.54, 1.807) is 0 Å². The van der Waals surface area contributed by atoms with Crippen molar-refractivity contribution in [2.45, 2.75) is 44.9 Å². The van der Waals surface area contributed by atoms with Crippen molar-refractivity contribution >= 4 is 0 Å². The lowest BCUT2D eigenvalue weighted by Crippen LogP contribution is -2.44. The molecule has 0 aliphatic carbocycles. The van der Waals surface area contributed by atoms with E-state index in [0.717, 1.165) is 32.4 Å². The van der Waals surface area contributed by atoms with Gasteiger partial charge in [0.25, 0.3) is 0 Å². The van der Waals surface area contributed by atoms with Crippen LogP contribution in [0.25, 0.3) is 0 Å². The first-order chi connectivity index (χ1) is 5.74. The molecule has 1 aliphatic heterocycles. The Morgan fingerprint density at radius 3 is 2.75 bits per heavy atom. The third kappa shape index (κ3) is 2.73. The molecular weight excluding hydrogens is 154 g/mol. The summed E-state index contributed by atoms with van der Waals surface area (Å²) in [6, 6.07) is 0. The molecule has 1 aliphatic rings. The maximum Gasteiger partial charge on any atom is 0.109 e. The van der Waals surface area contributed by atoms with Gasteiger partial charge in [-0.3, -0.25) is 4.90 Å². The van der Waals surface area contributed by atoms with Crippen LogP contribution in [-0.2, 0) is 0 Å². The number of rotatable bonds is 3. The van der Waals surface area contributed by atoms with Gasteiger partial charge in [-0.15, -0.1) is 0 Å². The van der Waals surface area contributed by atoms with Gasteiger partial charge in [0.05, 0.1) is 6.10 Å². The Morgan fingerprint density at radius 2 is 2.17 bits per heavy atom. The van der Waals surface area contributed by atoms with E-state index < -0.39 is 6.23 Å². The van der Waals surface area contributed by atoms with Crippen molar-refractivity contribution in [1.29, 1.82) is 0 Å². The van der Waals surface area contributed by atoms with Crippen LogP contribution in [0.4, 0.5) is 0 Å². The summed E-state index contributed by atoms with van der Waals surface area (Å²) >= 11 is 0. The maximum atomic E-state index is 9.53. The Labute approximate surface area is 74.0 Å². The number of aliphatic hydroxyl groups is 2. The normalized spacial score (nSPS) is 32.2. The number of hydrogen-bond acceptors (Lipinski definition) is 3. The topological polar surface area (TPSA) is 43.7 Å². The van der Waals surface area contributed by atoms with E-state index in [2.05, 4.69) is 11.8 Å². The molecule has 1 rings (SSSR count). The SMILES string of the molecule is CCCCN1CCC(O)CC1O. The van der Waals surface area contributed by atoms with Crippen molar-refractivity contribution in [3.63, 3.8) is 0 Å². The molecule has 0 saturated carbocycles. The Morgan fingerprint density at radius 1 is 1.42 bits per heavy atom. The summed E-state index contributed by atoms with van der Waals surface area (Å²) in [7, 11) is 0. The van der Waals surface area contributed by atoms with Crippen LogP contribution in [0.3, 0.4) is 0 Å². The van der Waals surface area contributed by atoms with Gasteiger partial charge in [0.15, 0.2) is 0 Å². The zero-order chi connectivity index (χ0) is 8.97. The number of piperidine rings is 1. The van der Waals surface area contributed by atoms with Gasteiger partial charge in [0.1, 0.15) is 6.23 Å². The highest BCUT2D eigenvalue weighted by molar-refractivity contribution is 4.74. The summed E-state index contributed by atoms with van der Waals surface area (Å²) in [4.78, 5) is 2.05. The first-order valence-corrected chi connectivity index (χ1v) is 4.84. The monoisotopic (exact) mass is 173 g/mol. The molecular formula is C9H19NO2. The first kappa shape index (κ1) is 9.96. The summed E-state index contributed by atoms with van der Waals surface area (Å²) in [5.41, 5.74) is 0. The van der Waals surface area contributed by atoms with Crippen LogP contribution in [0.1, 0.15) is 32.6 Å². The number of aliphatic hydroxyl groups excluding tert-OH is 2. The van der Waals surface area contributed by atoms with Crippen LogP contribution in [0, 0.1) is 0 Å². The van der Waals surface area contributed by atoms with Gasteiger partial charge in [-0.05, 0) is 12.8 Å². The molecule has 1 heterocycles. The average Bonchev–Trinajstić information content (AvgIpc) is 2.03. The minimum absolute atomic E-state index is 0.294. The van der Waals surface area contributed by atoms with Gasteiger partial charge < -0.3 is 10.2 Å². The van der Waals surface area contributed by atoms with E-state index in [9.17, 15) is 10.2 Å². The molecule has 0 bridgehead atoms. The minimum atomic E-state index is -0.416. The molecule has 0 amide bonds. The van der Waals surface area contributed by atoms with Crippen molar-refractivity contribution in [2.24, 2.45) is 0 Å². The highest BCUT2D eigenvalue weighted by atomic mass is 16.3. The molecule has 3 nitrogen and oxygen atoms in total. The Balaban J connectivity index is 2.25. The zero-order valence-corrected chi connectivity index (χ0v) is 7.74. The van der Waals surface area contributed by atoms with Crippen molar-refractivity contribution < 1.29 is 10.2 Å². The summed E-state index contributed by atoms with van der Waals surface area (Å²) in [6.07, 6.45) is 2.90.